The molecule has 4 rings (SSSR count). The van der Waals surface area contributed by atoms with Gasteiger partial charge in [-0.3, -0.25) is 9.80 Å². The molecule has 0 amide bonds. The van der Waals surface area contributed by atoms with Crippen molar-refractivity contribution >= 4 is 0 Å². The van der Waals surface area contributed by atoms with Gasteiger partial charge >= 0.3 is 0 Å². The van der Waals surface area contributed by atoms with Gasteiger partial charge in [0.05, 0.1) is 18.7 Å². The van der Waals surface area contributed by atoms with E-state index >= 15 is 0 Å². The van der Waals surface area contributed by atoms with E-state index in [9.17, 15) is 0 Å². The lowest BCUT2D eigenvalue weighted by Crippen LogP contribution is -2.48. The van der Waals surface area contributed by atoms with Crippen LogP contribution in [0.4, 0.5) is 0 Å². The van der Waals surface area contributed by atoms with Crippen LogP contribution in [0, 0.1) is 0 Å². The van der Waals surface area contributed by atoms with E-state index in [2.05, 4.69) is 88.6 Å². The van der Waals surface area contributed by atoms with Gasteiger partial charge in [-0.15, -0.1) is 5.10 Å². The quantitative estimate of drug-likeness (QED) is 0.538. The number of benzene rings is 2. The third-order valence-corrected chi connectivity index (χ3v) is 6.65. The minimum atomic E-state index is -0.141. The molecule has 1 aromatic heterocycles. The second-order valence-corrected chi connectivity index (χ2v) is 9.05. The average Bonchev–Trinajstić information content (AvgIpc) is 3.32. The largest absolute Gasteiger partial charge is 0.496 e. The molecule has 1 aliphatic rings. The average molecular weight is 435 g/mol. The zero-order valence-corrected chi connectivity index (χ0v) is 19.6. The number of hydrogen-bond acceptors (Lipinski definition) is 6. The van der Waals surface area contributed by atoms with Gasteiger partial charge in [0.15, 0.2) is 5.82 Å². The highest BCUT2D eigenvalue weighted by Gasteiger charge is 2.34. The number of methoxy groups -OCH3 is 1. The molecule has 2 heterocycles. The molecule has 170 valence electrons. The molecule has 1 atom stereocenters. The Kier molecular flexibility index (Phi) is 6.86. The second-order valence-electron chi connectivity index (χ2n) is 9.05. The van der Waals surface area contributed by atoms with Crippen LogP contribution in [0.3, 0.4) is 0 Å². The SMILES string of the molecule is CCC(C)(C)n1nnnc1[C@@H](c1ccccc1)N1CCN(Cc2ccccc2OC)CC1. The first kappa shape index (κ1) is 22.4. The molecule has 1 aliphatic heterocycles. The predicted octanol–water partition coefficient (Wildman–Crippen LogP) is 3.73. The van der Waals surface area contributed by atoms with Gasteiger partial charge in [0.2, 0.25) is 0 Å². The third kappa shape index (κ3) is 4.69. The predicted molar refractivity (Wildman–Crippen MR) is 126 cm³/mol. The molecule has 0 spiro atoms. The van der Waals surface area contributed by atoms with Crippen LogP contribution in [0.25, 0.3) is 0 Å². The van der Waals surface area contributed by atoms with Crippen LogP contribution in [0.5, 0.6) is 5.75 Å². The summed E-state index contributed by atoms with van der Waals surface area (Å²) in [6.45, 7) is 11.3. The molecule has 0 radical (unpaired) electrons. The number of piperazine rings is 1. The molecule has 0 unspecified atom stereocenters. The van der Waals surface area contributed by atoms with Crippen molar-refractivity contribution in [2.45, 2.75) is 45.3 Å². The molecule has 0 bridgehead atoms. The maximum absolute atomic E-state index is 5.55. The van der Waals surface area contributed by atoms with E-state index < -0.39 is 0 Å². The summed E-state index contributed by atoms with van der Waals surface area (Å²) in [7, 11) is 1.74. The van der Waals surface area contributed by atoms with Gasteiger partial charge in [-0.2, -0.15) is 0 Å². The third-order valence-electron chi connectivity index (χ3n) is 6.65. The summed E-state index contributed by atoms with van der Waals surface area (Å²) in [4.78, 5) is 5.01. The first-order valence-corrected chi connectivity index (χ1v) is 11.5. The molecule has 0 saturated carbocycles. The molecule has 1 saturated heterocycles. The van der Waals surface area contributed by atoms with Crippen molar-refractivity contribution in [2.24, 2.45) is 0 Å². The normalized spacial score (nSPS) is 16.8. The monoisotopic (exact) mass is 434 g/mol. The Morgan fingerprint density at radius 2 is 1.66 bits per heavy atom. The fraction of sp³-hybridized carbons (Fsp3) is 0.480. The number of tetrazole rings is 1. The molecule has 1 fully saturated rings. The lowest BCUT2D eigenvalue weighted by Gasteiger charge is -2.39. The van der Waals surface area contributed by atoms with Crippen LogP contribution >= 0.6 is 0 Å². The van der Waals surface area contributed by atoms with Crippen LogP contribution < -0.4 is 4.74 Å². The summed E-state index contributed by atoms with van der Waals surface area (Å²) < 4.78 is 7.57. The van der Waals surface area contributed by atoms with Gasteiger partial charge < -0.3 is 4.74 Å². The van der Waals surface area contributed by atoms with Crippen molar-refractivity contribution in [1.29, 1.82) is 0 Å². The number of para-hydroxylation sites is 1. The van der Waals surface area contributed by atoms with Gasteiger partial charge in [-0.25, -0.2) is 4.68 Å². The second kappa shape index (κ2) is 9.79. The molecule has 7 nitrogen and oxygen atoms in total. The lowest BCUT2D eigenvalue weighted by atomic mass is 9.99. The van der Waals surface area contributed by atoms with E-state index in [4.69, 9.17) is 4.74 Å². The van der Waals surface area contributed by atoms with E-state index in [0.29, 0.717) is 0 Å². The minimum Gasteiger partial charge on any atom is -0.496 e. The van der Waals surface area contributed by atoms with Gasteiger partial charge in [0, 0.05) is 38.3 Å². The summed E-state index contributed by atoms with van der Waals surface area (Å²) in [5, 5.41) is 13.0. The Bertz CT molecular complexity index is 994. The maximum atomic E-state index is 5.55. The minimum absolute atomic E-state index is 0.0328. The molecular weight excluding hydrogens is 400 g/mol. The number of ether oxygens (including phenoxy) is 1. The zero-order chi connectivity index (χ0) is 22.6. The number of rotatable bonds is 8. The van der Waals surface area contributed by atoms with Gasteiger partial charge in [0.25, 0.3) is 0 Å². The van der Waals surface area contributed by atoms with E-state index in [1.54, 1.807) is 7.11 Å². The molecule has 0 N–H and O–H groups in total. The van der Waals surface area contributed by atoms with Gasteiger partial charge in [-0.1, -0.05) is 55.5 Å². The van der Waals surface area contributed by atoms with Crippen molar-refractivity contribution in [3.63, 3.8) is 0 Å². The van der Waals surface area contributed by atoms with Crippen LogP contribution in [0.2, 0.25) is 0 Å². The summed E-state index contributed by atoms with van der Waals surface area (Å²) in [6, 6.07) is 18.9. The molecule has 2 aromatic carbocycles. The highest BCUT2D eigenvalue weighted by atomic mass is 16.5. The smallest absolute Gasteiger partial charge is 0.173 e. The fourth-order valence-electron chi connectivity index (χ4n) is 4.36. The van der Waals surface area contributed by atoms with Gasteiger partial charge in [-0.05, 0) is 42.3 Å². The van der Waals surface area contributed by atoms with Gasteiger partial charge in [0.1, 0.15) is 5.75 Å². The molecule has 0 aliphatic carbocycles. The van der Waals surface area contributed by atoms with Crippen molar-refractivity contribution < 1.29 is 4.74 Å². The van der Waals surface area contributed by atoms with Crippen molar-refractivity contribution in [3.05, 3.63) is 71.5 Å². The lowest BCUT2D eigenvalue weighted by molar-refractivity contribution is 0.0967. The Morgan fingerprint density at radius 3 is 2.34 bits per heavy atom. The van der Waals surface area contributed by atoms with E-state index in [0.717, 1.165) is 50.7 Å². The van der Waals surface area contributed by atoms with Crippen molar-refractivity contribution in [1.82, 2.24) is 30.0 Å². The van der Waals surface area contributed by atoms with Crippen LogP contribution in [0.1, 0.15) is 50.2 Å². The topological polar surface area (TPSA) is 59.3 Å². The summed E-state index contributed by atoms with van der Waals surface area (Å²) in [5.74, 6) is 1.87. The highest BCUT2D eigenvalue weighted by Crippen LogP contribution is 2.31. The molecule has 32 heavy (non-hydrogen) atoms. The van der Waals surface area contributed by atoms with Crippen molar-refractivity contribution in [3.8, 4) is 5.75 Å². The standard InChI is InChI=1S/C25H34N6O/c1-5-25(2,3)31-24(26-27-28-31)23(20-11-7-6-8-12-20)30-17-15-29(16-18-30)19-21-13-9-10-14-22(21)32-4/h6-14,23H,5,15-19H2,1-4H3/t23-/m1/s1. The Balaban J connectivity index is 1.55. The highest BCUT2D eigenvalue weighted by molar-refractivity contribution is 5.33. The number of hydrogen-bond donors (Lipinski definition) is 0. The Morgan fingerprint density at radius 1 is 0.969 bits per heavy atom. The Hall–Kier alpha value is -2.77. The first-order chi connectivity index (χ1) is 15.5. The maximum Gasteiger partial charge on any atom is 0.173 e. The molecule has 3 aromatic rings. The number of nitrogens with zero attached hydrogens (tertiary/aromatic N) is 6. The summed E-state index contributed by atoms with van der Waals surface area (Å²) >= 11 is 0. The molecule has 7 heteroatoms. The fourth-order valence-corrected chi connectivity index (χ4v) is 4.36. The van der Waals surface area contributed by atoms with Crippen molar-refractivity contribution in [2.75, 3.05) is 33.3 Å². The first-order valence-electron chi connectivity index (χ1n) is 11.5. The van der Waals surface area contributed by atoms with E-state index in [1.165, 1.54) is 11.1 Å². The van der Waals surface area contributed by atoms with E-state index in [1.807, 2.05) is 16.8 Å². The van der Waals surface area contributed by atoms with E-state index in [-0.39, 0.29) is 11.6 Å². The van der Waals surface area contributed by atoms with Crippen LogP contribution in [-0.4, -0.2) is 63.3 Å². The zero-order valence-electron chi connectivity index (χ0n) is 19.6. The summed E-state index contributed by atoms with van der Waals surface area (Å²) in [6.07, 6.45) is 0.958. The van der Waals surface area contributed by atoms with Crippen LogP contribution in [0.15, 0.2) is 54.6 Å². The Labute approximate surface area is 191 Å². The summed E-state index contributed by atoms with van der Waals surface area (Å²) in [5.41, 5.74) is 2.32. The number of aromatic nitrogens is 4. The molecular formula is C25H34N6O. The van der Waals surface area contributed by atoms with Crippen LogP contribution in [-0.2, 0) is 12.1 Å².